The van der Waals surface area contributed by atoms with E-state index in [-0.39, 0.29) is 22.0 Å². The second-order valence-corrected chi connectivity index (χ2v) is 8.00. The number of ether oxygens (including phenoxy) is 3. The Morgan fingerprint density at radius 2 is 1.59 bits per heavy atom. The van der Waals surface area contributed by atoms with Crippen molar-refractivity contribution >= 4 is 22.2 Å². The van der Waals surface area contributed by atoms with Crippen LogP contribution in [0.2, 0.25) is 0 Å². The summed E-state index contributed by atoms with van der Waals surface area (Å²) in [6.07, 6.45) is 1.30. The highest BCUT2D eigenvalue weighted by molar-refractivity contribution is 7.89. The molecule has 0 fully saturated rings. The van der Waals surface area contributed by atoms with Crippen molar-refractivity contribution in [2.75, 3.05) is 14.2 Å². The summed E-state index contributed by atoms with van der Waals surface area (Å²) >= 11 is 0. The van der Waals surface area contributed by atoms with Crippen LogP contribution in [0, 0.1) is 5.82 Å². The van der Waals surface area contributed by atoms with Crippen LogP contribution >= 0.6 is 0 Å². The maximum Gasteiger partial charge on any atom is 0.343 e. The lowest BCUT2D eigenvalue weighted by atomic mass is 10.2. The predicted molar refractivity (Wildman–Crippen MR) is 115 cm³/mol. The first kappa shape index (κ1) is 22.8. The number of rotatable bonds is 8. The van der Waals surface area contributed by atoms with Gasteiger partial charge in [-0.05, 0) is 66.2 Å². The van der Waals surface area contributed by atoms with Crippen LogP contribution in [-0.2, 0) is 10.0 Å². The third-order valence-electron chi connectivity index (χ3n) is 4.22. The Bertz CT molecular complexity index is 1230. The van der Waals surface area contributed by atoms with Crippen LogP contribution in [0.15, 0.2) is 76.7 Å². The number of esters is 1. The number of hydrazone groups is 1. The van der Waals surface area contributed by atoms with Crippen molar-refractivity contribution in [3.63, 3.8) is 0 Å². The van der Waals surface area contributed by atoms with Crippen LogP contribution in [0.5, 0.6) is 17.2 Å². The second kappa shape index (κ2) is 9.92. The average Bonchev–Trinajstić information content (AvgIpc) is 2.80. The normalized spacial score (nSPS) is 11.2. The van der Waals surface area contributed by atoms with E-state index in [9.17, 15) is 17.6 Å². The molecule has 3 rings (SSSR count). The SMILES string of the molecule is COc1ccc(S(=O)(=O)N/N=C/c2ccc(OC(=O)c3ccc(F)cc3)cc2)cc1OC. The fourth-order valence-corrected chi connectivity index (χ4v) is 3.39. The zero-order chi connectivity index (χ0) is 23.1. The van der Waals surface area contributed by atoms with Crippen LogP contribution in [0.4, 0.5) is 4.39 Å². The van der Waals surface area contributed by atoms with E-state index in [0.717, 1.165) is 0 Å². The first-order valence-corrected chi connectivity index (χ1v) is 10.7. The molecule has 0 unspecified atom stereocenters. The van der Waals surface area contributed by atoms with Crippen molar-refractivity contribution in [2.24, 2.45) is 5.10 Å². The molecule has 0 atom stereocenters. The molecule has 0 saturated carbocycles. The minimum absolute atomic E-state index is 0.0460. The number of hydrogen-bond acceptors (Lipinski definition) is 7. The predicted octanol–water partition coefficient (Wildman–Crippen LogP) is 3.37. The maximum absolute atomic E-state index is 12.9. The number of sulfonamides is 1. The van der Waals surface area contributed by atoms with Crippen LogP contribution in [0.1, 0.15) is 15.9 Å². The first-order valence-electron chi connectivity index (χ1n) is 9.17. The molecule has 10 heteroatoms. The van der Waals surface area contributed by atoms with Crippen LogP contribution in [-0.4, -0.2) is 34.8 Å². The van der Waals surface area contributed by atoms with E-state index in [4.69, 9.17) is 14.2 Å². The van der Waals surface area contributed by atoms with Crippen molar-refractivity contribution < 1.29 is 31.8 Å². The van der Waals surface area contributed by atoms with Gasteiger partial charge in [0.25, 0.3) is 10.0 Å². The molecule has 0 saturated heterocycles. The van der Waals surface area contributed by atoms with Crippen molar-refractivity contribution in [3.8, 4) is 17.2 Å². The molecule has 3 aromatic rings. The maximum atomic E-state index is 12.9. The highest BCUT2D eigenvalue weighted by Gasteiger charge is 2.16. The second-order valence-electron chi connectivity index (χ2n) is 6.34. The summed E-state index contributed by atoms with van der Waals surface area (Å²) in [5, 5.41) is 3.76. The Morgan fingerprint density at radius 1 is 0.938 bits per heavy atom. The fraction of sp³-hybridized carbons (Fsp3) is 0.0909. The fourth-order valence-electron chi connectivity index (χ4n) is 2.58. The first-order chi connectivity index (χ1) is 15.3. The Kier molecular flexibility index (Phi) is 7.06. The number of methoxy groups -OCH3 is 2. The van der Waals surface area contributed by atoms with Crippen molar-refractivity contribution in [1.29, 1.82) is 0 Å². The Morgan fingerprint density at radius 3 is 2.22 bits per heavy atom. The number of hydrogen-bond donors (Lipinski definition) is 1. The van der Waals surface area contributed by atoms with Crippen molar-refractivity contribution in [2.45, 2.75) is 4.90 Å². The van der Waals surface area contributed by atoms with Gasteiger partial charge in [0.1, 0.15) is 11.6 Å². The summed E-state index contributed by atoms with van der Waals surface area (Å²) < 4.78 is 53.2. The minimum atomic E-state index is -3.93. The average molecular weight is 458 g/mol. The summed E-state index contributed by atoms with van der Waals surface area (Å²) in [6, 6.07) is 15.3. The quantitative estimate of drug-likeness (QED) is 0.240. The van der Waals surface area contributed by atoms with E-state index in [2.05, 4.69) is 9.93 Å². The van der Waals surface area contributed by atoms with E-state index >= 15 is 0 Å². The number of benzene rings is 3. The van der Waals surface area contributed by atoms with Gasteiger partial charge in [-0.1, -0.05) is 0 Å². The lowest BCUT2D eigenvalue weighted by molar-refractivity contribution is 0.0734. The van der Waals surface area contributed by atoms with Gasteiger partial charge in [-0.2, -0.15) is 13.5 Å². The summed E-state index contributed by atoms with van der Waals surface area (Å²) in [5.41, 5.74) is 0.767. The molecule has 3 aromatic carbocycles. The van der Waals surface area contributed by atoms with Gasteiger partial charge in [-0.25, -0.2) is 14.0 Å². The van der Waals surface area contributed by atoms with E-state index in [1.54, 1.807) is 12.1 Å². The van der Waals surface area contributed by atoms with Gasteiger partial charge < -0.3 is 14.2 Å². The van der Waals surface area contributed by atoms with E-state index in [1.807, 2.05) is 0 Å². The zero-order valence-electron chi connectivity index (χ0n) is 17.1. The molecule has 32 heavy (non-hydrogen) atoms. The molecule has 166 valence electrons. The molecule has 0 spiro atoms. The summed E-state index contributed by atoms with van der Waals surface area (Å²) in [7, 11) is -1.07. The van der Waals surface area contributed by atoms with Gasteiger partial charge in [0.2, 0.25) is 0 Å². The third-order valence-corrected chi connectivity index (χ3v) is 5.44. The van der Waals surface area contributed by atoms with Crippen LogP contribution in [0.25, 0.3) is 0 Å². The molecule has 0 radical (unpaired) electrons. The monoisotopic (exact) mass is 458 g/mol. The Balaban J connectivity index is 1.63. The summed E-state index contributed by atoms with van der Waals surface area (Å²) in [4.78, 5) is 14.1. The topological polar surface area (TPSA) is 103 Å². The van der Waals surface area contributed by atoms with Gasteiger partial charge >= 0.3 is 5.97 Å². The summed E-state index contributed by atoms with van der Waals surface area (Å²) in [6.45, 7) is 0. The van der Waals surface area contributed by atoms with Crippen LogP contribution in [0.3, 0.4) is 0 Å². The molecule has 0 aliphatic carbocycles. The van der Waals surface area contributed by atoms with Gasteiger partial charge in [-0.15, -0.1) is 0 Å². The van der Waals surface area contributed by atoms with E-state index in [1.165, 1.54) is 75.0 Å². The van der Waals surface area contributed by atoms with Crippen molar-refractivity contribution in [1.82, 2.24) is 4.83 Å². The molecule has 1 N–H and O–H groups in total. The molecule has 0 bridgehead atoms. The lowest BCUT2D eigenvalue weighted by Gasteiger charge is -2.09. The highest BCUT2D eigenvalue weighted by atomic mass is 32.2. The molecule has 0 amide bonds. The van der Waals surface area contributed by atoms with E-state index < -0.39 is 21.8 Å². The molecule has 0 heterocycles. The molecule has 0 aliphatic heterocycles. The standard InChI is InChI=1S/C22H19FN2O6S/c1-29-20-12-11-19(13-21(20)30-2)32(27,28)25-24-14-15-3-9-18(10-4-15)31-22(26)16-5-7-17(23)8-6-16/h3-14,25H,1-2H3/b24-14+. The molecular weight excluding hydrogens is 439 g/mol. The molecule has 0 aliphatic rings. The Hall–Kier alpha value is -3.92. The summed E-state index contributed by atoms with van der Waals surface area (Å²) in [5.74, 6) is -0.149. The number of nitrogens with zero attached hydrogens (tertiary/aromatic N) is 1. The number of nitrogens with one attached hydrogen (secondary N) is 1. The van der Waals surface area contributed by atoms with Gasteiger partial charge in [0.15, 0.2) is 11.5 Å². The Labute approximate surface area is 184 Å². The van der Waals surface area contributed by atoms with Gasteiger partial charge in [0, 0.05) is 6.07 Å². The molecule has 8 nitrogen and oxygen atoms in total. The van der Waals surface area contributed by atoms with Crippen LogP contribution < -0.4 is 19.0 Å². The lowest BCUT2D eigenvalue weighted by Crippen LogP contribution is -2.18. The van der Waals surface area contributed by atoms with Gasteiger partial charge in [-0.3, -0.25) is 0 Å². The largest absolute Gasteiger partial charge is 0.493 e. The highest BCUT2D eigenvalue weighted by Crippen LogP contribution is 2.29. The smallest absolute Gasteiger partial charge is 0.343 e. The minimum Gasteiger partial charge on any atom is -0.493 e. The number of carbonyl (C=O) groups excluding carboxylic acids is 1. The molecule has 0 aromatic heterocycles. The van der Waals surface area contributed by atoms with E-state index in [0.29, 0.717) is 11.3 Å². The third kappa shape index (κ3) is 5.61. The van der Waals surface area contributed by atoms with Gasteiger partial charge in [0.05, 0.1) is 30.9 Å². The zero-order valence-corrected chi connectivity index (χ0v) is 17.9. The molecular formula is C22H19FN2O6S. The van der Waals surface area contributed by atoms with Crippen molar-refractivity contribution in [3.05, 3.63) is 83.7 Å². The number of carbonyl (C=O) groups is 1. The number of halogens is 1.